The molecule has 4 heteroatoms. The van der Waals surface area contributed by atoms with Crippen LogP contribution in [0, 0.1) is 13.8 Å². The smallest absolute Gasteiger partial charge is 0.0488 e. The minimum Gasteiger partial charge on any atom is -1.00 e. The van der Waals surface area contributed by atoms with E-state index in [-0.39, 0.29) is 31.0 Å². The molecule has 0 nitrogen and oxygen atoms in total. The molecule has 0 saturated carbocycles. The van der Waals surface area contributed by atoms with Crippen LogP contribution in [0.15, 0.2) is 72.8 Å². The van der Waals surface area contributed by atoms with Gasteiger partial charge in [0.05, 0.1) is 0 Å². The summed E-state index contributed by atoms with van der Waals surface area (Å²) in [5, 5.41) is 5.45. The molecule has 0 radical (unpaired) electrons. The topological polar surface area (TPSA) is 0 Å². The summed E-state index contributed by atoms with van der Waals surface area (Å²) in [6.45, 7) is 8.82. The summed E-state index contributed by atoms with van der Waals surface area (Å²) in [5.41, 5.74) is 2.73. The van der Waals surface area contributed by atoms with E-state index in [1.54, 1.807) is 0 Å². The molecular weight excluding hydrogens is 411 g/mol. The molecule has 0 unspecified atom stereocenters. The third-order valence-corrected chi connectivity index (χ3v) is 3.79. The van der Waals surface area contributed by atoms with Crippen molar-refractivity contribution in [3.8, 4) is 0 Å². The standard InChI is InChI=1S/2C10H9.C2H6Si.2ClH.Ti/c2*1-8-4-2-5-9-6-3-7-10(8)9;1-3-2;;;/h2*2-7H,1H3;1-2H3;2*1H;/q2*-1;;;;+2/p-2. The SMILES string of the molecule is C[Si](C)=[Ti+2].Cc1cccc2[cH-]ccc12.Cc1cccc2[cH-]ccc12.[Cl-].[Cl-]. The fourth-order valence-corrected chi connectivity index (χ4v) is 2.65. The van der Waals surface area contributed by atoms with Crippen LogP contribution in [0.4, 0.5) is 0 Å². The summed E-state index contributed by atoms with van der Waals surface area (Å²) in [4.78, 5) is 0. The summed E-state index contributed by atoms with van der Waals surface area (Å²) in [7, 11) is 0. The number of rotatable bonds is 0. The molecule has 0 atom stereocenters. The second-order valence-corrected chi connectivity index (χ2v) is 12.9. The van der Waals surface area contributed by atoms with Crippen LogP contribution in [0.3, 0.4) is 0 Å². The van der Waals surface area contributed by atoms with Crippen LogP contribution < -0.4 is 24.8 Å². The van der Waals surface area contributed by atoms with Gasteiger partial charge in [0, 0.05) is 0 Å². The molecule has 4 aromatic carbocycles. The molecule has 4 rings (SSSR count). The number of aryl methyl sites for hydroxylation is 2. The molecular formula is C22H24Cl2SiTi-2. The minimum absolute atomic E-state index is 0. The van der Waals surface area contributed by atoms with Gasteiger partial charge < -0.3 is 24.8 Å². The van der Waals surface area contributed by atoms with E-state index in [0.29, 0.717) is 0 Å². The van der Waals surface area contributed by atoms with E-state index in [2.05, 4.69) is 119 Å². The molecule has 0 fully saturated rings. The fraction of sp³-hybridized carbons (Fsp3) is 0.182. The monoisotopic (exact) mass is 434 g/mol. The van der Waals surface area contributed by atoms with Crippen LogP contribution in [-0.2, 0) is 19.2 Å². The predicted molar refractivity (Wildman–Crippen MR) is 106 cm³/mol. The molecule has 0 saturated heterocycles. The first-order valence-corrected chi connectivity index (χ1v) is 13.1. The van der Waals surface area contributed by atoms with Crippen molar-refractivity contribution in [1.82, 2.24) is 0 Å². The third-order valence-electron chi connectivity index (χ3n) is 3.79. The van der Waals surface area contributed by atoms with Gasteiger partial charge in [-0.05, 0) is 13.8 Å². The van der Waals surface area contributed by atoms with Crippen molar-refractivity contribution in [2.24, 2.45) is 0 Å². The van der Waals surface area contributed by atoms with E-state index >= 15 is 0 Å². The number of fused-ring (bicyclic) bond motifs is 2. The van der Waals surface area contributed by atoms with Gasteiger partial charge in [0.2, 0.25) is 0 Å². The van der Waals surface area contributed by atoms with Gasteiger partial charge in [-0.2, -0.15) is 24.3 Å². The summed E-state index contributed by atoms with van der Waals surface area (Å²) >= 11 is 2.27. The van der Waals surface area contributed by atoms with E-state index in [0.717, 1.165) is 0 Å². The molecule has 0 N–H and O–H groups in total. The Kier molecular flexibility index (Phi) is 12.1. The van der Waals surface area contributed by atoms with Gasteiger partial charge in [0.25, 0.3) is 0 Å². The summed E-state index contributed by atoms with van der Waals surface area (Å²) in [6.07, 6.45) is 0.120. The van der Waals surface area contributed by atoms with Crippen molar-refractivity contribution in [3.05, 3.63) is 83.9 Å². The minimum atomic E-state index is 0. The van der Waals surface area contributed by atoms with Crippen LogP contribution in [0.1, 0.15) is 11.1 Å². The van der Waals surface area contributed by atoms with Crippen LogP contribution in [0.5, 0.6) is 0 Å². The Bertz CT molecular complexity index is 861. The van der Waals surface area contributed by atoms with Crippen LogP contribution in [0.25, 0.3) is 21.5 Å². The first-order valence-electron chi connectivity index (χ1n) is 8.23. The molecule has 26 heavy (non-hydrogen) atoms. The molecule has 0 aromatic heterocycles. The number of halogens is 2. The van der Waals surface area contributed by atoms with E-state index in [9.17, 15) is 0 Å². The van der Waals surface area contributed by atoms with Gasteiger partial charge in [0.1, 0.15) is 0 Å². The predicted octanol–water partition coefficient (Wildman–Crippen LogP) is 0.527. The van der Waals surface area contributed by atoms with Gasteiger partial charge in [-0.25, -0.2) is 0 Å². The molecule has 0 aliphatic rings. The average Bonchev–Trinajstić information content (AvgIpc) is 3.17. The molecule has 136 valence electrons. The maximum absolute atomic E-state index is 2.27. The van der Waals surface area contributed by atoms with Crippen LogP contribution in [0.2, 0.25) is 13.1 Å². The van der Waals surface area contributed by atoms with Gasteiger partial charge >= 0.3 is 38.5 Å². The number of benzene rings is 2. The third kappa shape index (κ3) is 7.42. The number of hydrogen-bond donors (Lipinski definition) is 0. The maximum Gasteiger partial charge on any atom is -0.0488 e. The molecule has 0 aliphatic carbocycles. The van der Waals surface area contributed by atoms with Gasteiger partial charge in [-0.3, -0.25) is 0 Å². The average molecular weight is 435 g/mol. The van der Waals surface area contributed by atoms with Gasteiger partial charge in [0.15, 0.2) is 0 Å². The summed E-state index contributed by atoms with van der Waals surface area (Å²) < 4.78 is 0. The van der Waals surface area contributed by atoms with E-state index in [4.69, 9.17) is 0 Å². The van der Waals surface area contributed by atoms with Crippen molar-refractivity contribution in [3.63, 3.8) is 0 Å². The second-order valence-electron chi connectivity index (χ2n) is 6.21. The van der Waals surface area contributed by atoms with Crippen LogP contribution >= 0.6 is 0 Å². The first-order chi connectivity index (χ1) is 11.5. The van der Waals surface area contributed by atoms with Crippen molar-refractivity contribution in [2.75, 3.05) is 0 Å². The Morgan fingerprint density at radius 3 is 1.35 bits per heavy atom. The van der Waals surface area contributed by atoms with Gasteiger partial charge in [-0.1, -0.05) is 23.3 Å². The van der Waals surface area contributed by atoms with E-state index < -0.39 is 0 Å². The quantitative estimate of drug-likeness (QED) is 0.279. The molecule has 0 heterocycles. The Morgan fingerprint density at radius 1 is 0.692 bits per heavy atom. The van der Waals surface area contributed by atoms with Crippen molar-refractivity contribution < 1.29 is 44.0 Å². The first kappa shape index (κ1) is 25.2. The Morgan fingerprint density at radius 2 is 1.04 bits per heavy atom. The van der Waals surface area contributed by atoms with Crippen molar-refractivity contribution >= 4 is 27.7 Å². The fourth-order valence-electron chi connectivity index (χ4n) is 2.65. The Hall–Kier alpha value is -0.829. The van der Waals surface area contributed by atoms with Crippen molar-refractivity contribution in [1.29, 1.82) is 0 Å². The zero-order valence-electron chi connectivity index (χ0n) is 15.7. The molecule has 0 amide bonds. The molecule has 0 aliphatic heterocycles. The summed E-state index contributed by atoms with van der Waals surface area (Å²) in [6, 6.07) is 25.5. The van der Waals surface area contributed by atoms with Crippen LogP contribution in [-0.4, -0.2) is 6.19 Å². The van der Waals surface area contributed by atoms with E-state index in [1.165, 1.54) is 32.7 Å². The molecule has 0 spiro atoms. The Labute approximate surface area is 181 Å². The normalized spacial score (nSPS) is 9.15. The second kappa shape index (κ2) is 12.5. The zero-order chi connectivity index (χ0) is 17.5. The molecule has 4 aromatic rings. The van der Waals surface area contributed by atoms with Gasteiger partial charge in [-0.15, -0.1) is 57.9 Å². The zero-order valence-corrected chi connectivity index (χ0v) is 19.8. The maximum atomic E-state index is 2.27. The van der Waals surface area contributed by atoms with E-state index in [1.807, 2.05) is 0 Å². The Balaban J connectivity index is 0.000000378. The summed E-state index contributed by atoms with van der Waals surface area (Å²) in [5.74, 6) is 0. The largest absolute Gasteiger partial charge is 1.00 e. The van der Waals surface area contributed by atoms with Crippen molar-refractivity contribution in [2.45, 2.75) is 26.9 Å². The number of hydrogen-bond acceptors (Lipinski definition) is 0. The molecule has 0 bridgehead atoms.